The lowest BCUT2D eigenvalue weighted by molar-refractivity contribution is -0.128. The molecule has 1 aromatic carbocycles. The van der Waals surface area contributed by atoms with Crippen molar-refractivity contribution in [3.05, 3.63) is 35.0 Å². The fraction of sp³-hybridized carbons (Fsp3) is 0.478. The number of primary amides is 1. The maximum absolute atomic E-state index is 14.6. The molecule has 5 rings (SSSR count). The first-order valence-electron chi connectivity index (χ1n) is 11.5. The molecule has 2 aliphatic rings. The molecule has 4 N–H and O–H groups in total. The average Bonchev–Trinajstić information content (AvgIpc) is 3.11. The molecule has 0 aliphatic heterocycles. The van der Waals surface area contributed by atoms with Crippen molar-refractivity contribution in [1.29, 1.82) is 0 Å². The monoisotopic (exact) mass is 489 g/mol. The molecule has 0 atom stereocenters. The highest BCUT2D eigenvalue weighted by atomic mass is 35.5. The summed E-state index contributed by atoms with van der Waals surface area (Å²) in [4.78, 5) is 25.7. The first-order chi connectivity index (χ1) is 16.2. The number of nitrogens with one attached hydrogen (secondary N) is 2. The Hall–Kier alpha value is -3.01. The second-order valence-electron chi connectivity index (χ2n) is 9.51. The molecule has 8 nitrogen and oxygen atoms in total. The summed E-state index contributed by atoms with van der Waals surface area (Å²) in [7, 11) is 0. The minimum atomic E-state index is -0.827. The lowest BCUT2D eigenvalue weighted by atomic mass is 9.73. The molecule has 0 bridgehead atoms. The zero-order valence-corrected chi connectivity index (χ0v) is 19.5. The van der Waals surface area contributed by atoms with Crippen LogP contribution in [0.15, 0.2) is 18.3 Å². The Labute approximate surface area is 200 Å². The van der Waals surface area contributed by atoms with Crippen molar-refractivity contribution in [2.75, 3.05) is 10.6 Å². The second-order valence-corrected chi connectivity index (χ2v) is 9.91. The number of benzene rings is 1. The third-order valence-corrected chi connectivity index (χ3v) is 7.43. The highest BCUT2D eigenvalue weighted by molar-refractivity contribution is 6.33. The number of rotatable bonds is 6. The minimum absolute atomic E-state index is 0.0614. The van der Waals surface area contributed by atoms with Crippen LogP contribution in [-0.2, 0) is 4.79 Å². The Morgan fingerprint density at radius 1 is 1.21 bits per heavy atom. The summed E-state index contributed by atoms with van der Waals surface area (Å²) < 4.78 is 30.0. The number of imidazole rings is 1. The molecule has 0 spiro atoms. The number of amides is 1. The van der Waals surface area contributed by atoms with Gasteiger partial charge in [0, 0.05) is 23.6 Å². The molecule has 3 aromatic rings. The van der Waals surface area contributed by atoms with Gasteiger partial charge in [0.2, 0.25) is 17.8 Å². The Bertz CT molecular complexity index is 1230. The molecule has 0 radical (unpaired) electrons. The molecule has 2 fully saturated rings. The summed E-state index contributed by atoms with van der Waals surface area (Å²) in [6.07, 6.45) is 7.49. The van der Waals surface area contributed by atoms with Crippen LogP contribution < -0.4 is 16.4 Å². The zero-order chi connectivity index (χ0) is 24.0. The van der Waals surface area contributed by atoms with Crippen LogP contribution in [0.4, 0.5) is 26.4 Å². The van der Waals surface area contributed by atoms with E-state index >= 15 is 0 Å². The van der Waals surface area contributed by atoms with E-state index in [4.69, 9.17) is 22.3 Å². The van der Waals surface area contributed by atoms with Crippen LogP contribution in [0.5, 0.6) is 0 Å². The van der Waals surface area contributed by atoms with Gasteiger partial charge < -0.3 is 16.4 Å². The molecule has 0 unspecified atom stereocenters. The number of nitrogens with zero attached hydrogens (tertiary/aromatic N) is 4. The number of halogens is 3. The van der Waals surface area contributed by atoms with Crippen molar-refractivity contribution in [3.8, 4) is 0 Å². The normalized spacial score (nSPS) is 23.0. The number of hydrogen-bond donors (Lipinski definition) is 3. The van der Waals surface area contributed by atoms with Gasteiger partial charge in [0.05, 0.1) is 16.9 Å². The van der Waals surface area contributed by atoms with E-state index in [1.165, 1.54) is 6.42 Å². The molecule has 2 saturated carbocycles. The lowest BCUT2D eigenvalue weighted by Gasteiger charge is -2.35. The number of carbonyl (C=O) groups excluding carboxylic acids is 1. The number of aromatic nitrogens is 4. The third-order valence-electron chi connectivity index (χ3n) is 7.13. The first kappa shape index (κ1) is 22.8. The van der Waals surface area contributed by atoms with Gasteiger partial charge in [0.25, 0.3) is 0 Å². The number of fused-ring (bicyclic) bond motifs is 1. The highest BCUT2D eigenvalue weighted by Gasteiger charge is 2.38. The minimum Gasteiger partial charge on any atom is -0.369 e. The quantitative estimate of drug-likeness (QED) is 0.445. The predicted molar refractivity (Wildman–Crippen MR) is 126 cm³/mol. The van der Waals surface area contributed by atoms with Crippen LogP contribution in [-0.4, -0.2) is 31.5 Å². The van der Waals surface area contributed by atoms with Crippen LogP contribution in [0, 0.1) is 17.0 Å². The van der Waals surface area contributed by atoms with Crippen molar-refractivity contribution in [1.82, 2.24) is 19.5 Å². The van der Waals surface area contributed by atoms with Gasteiger partial charge in [-0.2, -0.15) is 4.98 Å². The van der Waals surface area contributed by atoms with Gasteiger partial charge in [-0.1, -0.05) is 18.5 Å². The molecule has 2 aliphatic carbocycles. The maximum atomic E-state index is 14.6. The van der Waals surface area contributed by atoms with E-state index < -0.39 is 17.0 Å². The smallest absolute Gasteiger partial charge is 0.224 e. The first-order valence-corrected chi connectivity index (χ1v) is 11.8. The number of carbonyl (C=O) groups is 1. The van der Waals surface area contributed by atoms with Crippen molar-refractivity contribution in [2.45, 2.75) is 64.0 Å². The van der Waals surface area contributed by atoms with Gasteiger partial charge >= 0.3 is 0 Å². The van der Waals surface area contributed by atoms with E-state index in [0.29, 0.717) is 54.8 Å². The van der Waals surface area contributed by atoms with Crippen molar-refractivity contribution in [3.63, 3.8) is 0 Å². The average molecular weight is 490 g/mol. The topological polar surface area (TPSA) is 111 Å². The summed E-state index contributed by atoms with van der Waals surface area (Å²) in [5, 5.41) is 6.19. The Morgan fingerprint density at radius 2 is 1.94 bits per heavy atom. The second kappa shape index (κ2) is 8.65. The van der Waals surface area contributed by atoms with Crippen molar-refractivity contribution in [2.24, 2.45) is 11.1 Å². The van der Waals surface area contributed by atoms with E-state index in [1.807, 2.05) is 11.5 Å². The number of anilines is 3. The number of nitrogens with two attached hydrogens (primary N) is 1. The standard InChI is InChI=1S/C23H26ClF2N7O/c1-23(20(27)34)7-5-14(6-8-23)33-19-17(11-28-21(32-19)29-13-3-2-4-13)30-22(33)31-18-15(24)9-12(25)10-16(18)26/h9-11,13-14H,2-8H2,1H3,(H2,27,34)(H,30,31)(H,28,29,32). The fourth-order valence-corrected chi connectivity index (χ4v) is 4.89. The summed E-state index contributed by atoms with van der Waals surface area (Å²) in [6, 6.07) is 2.10. The molecular weight excluding hydrogens is 464 g/mol. The van der Waals surface area contributed by atoms with Gasteiger partial charge in [-0.15, -0.1) is 0 Å². The van der Waals surface area contributed by atoms with Gasteiger partial charge in [0.15, 0.2) is 11.5 Å². The summed E-state index contributed by atoms with van der Waals surface area (Å²) in [6.45, 7) is 1.88. The molecule has 2 heterocycles. The van der Waals surface area contributed by atoms with Crippen LogP contribution in [0.25, 0.3) is 11.2 Å². The van der Waals surface area contributed by atoms with Gasteiger partial charge in [0.1, 0.15) is 11.3 Å². The highest BCUT2D eigenvalue weighted by Crippen LogP contribution is 2.43. The SMILES string of the molecule is CC1(C(N)=O)CCC(n2c(Nc3c(F)cc(F)cc3Cl)nc3cnc(NC4CCC4)nc32)CC1. The summed E-state index contributed by atoms with van der Waals surface area (Å²) in [5.41, 5.74) is 6.11. The van der Waals surface area contributed by atoms with E-state index in [0.717, 1.165) is 25.0 Å². The van der Waals surface area contributed by atoms with Crippen LogP contribution in [0.2, 0.25) is 5.02 Å². The van der Waals surface area contributed by atoms with E-state index in [2.05, 4.69) is 20.6 Å². The van der Waals surface area contributed by atoms with Crippen molar-refractivity contribution < 1.29 is 13.6 Å². The predicted octanol–water partition coefficient (Wildman–Crippen LogP) is 5.07. The van der Waals surface area contributed by atoms with Gasteiger partial charge in [-0.05, 0) is 51.0 Å². The fourth-order valence-electron chi connectivity index (χ4n) is 4.65. The number of hydrogen-bond acceptors (Lipinski definition) is 6. The summed E-state index contributed by atoms with van der Waals surface area (Å²) >= 11 is 6.13. The molecular formula is C23H26ClF2N7O. The van der Waals surface area contributed by atoms with E-state index in [1.54, 1.807) is 6.20 Å². The molecule has 34 heavy (non-hydrogen) atoms. The van der Waals surface area contributed by atoms with Crippen LogP contribution in [0.1, 0.15) is 57.9 Å². The Balaban J connectivity index is 1.55. The Morgan fingerprint density at radius 3 is 2.56 bits per heavy atom. The van der Waals surface area contributed by atoms with Gasteiger partial charge in [-0.25, -0.2) is 18.7 Å². The zero-order valence-electron chi connectivity index (χ0n) is 18.7. The molecule has 1 amide bonds. The lowest BCUT2D eigenvalue weighted by Crippen LogP contribution is -2.38. The molecule has 180 valence electrons. The largest absolute Gasteiger partial charge is 0.369 e. The molecule has 2 aromatic heterocycles. The van der Waals surface area contributed by atoms with E-state index in [9.17, 15) is 13.6 Å². The Kier molecular flexibility index (Phi) is 5.79. The molecule has 0 saturated heterocycles. The van der Waals surface area contributed by atoms with Crippen LogP contribution >= 0.6 is 11.6 Å². The van der Waals surface area contributed by atoms with Crippen molar-refractivity contribution >= 4 is 46.3 Å². The van der Waals surface area contributed by atoms with E-state index in [-0.39, 0.29) is 22.7 Å². The van der Waals surface area contributed by atoms with Crippen LogP contribution in [0.3, 0.4) is 0 Å². The van der Waals surface area contributed by atoms with Gasteiger partial charge in [-0.3, -0.25) is 9.36 Å². The third kappa shape index (κ3) is 4.15. The molecule has 11 heteroatoms. The summed E-state index contributed by atoms with van der Waals surface area (Å²) in [5.74, 6) is -1.07. The maximum Gasteiger partial charge on any atom is 0.224 e.